The second kappa shape index (κ2) is 5.36. The number of anilines is 1. The van der Waals surface area contributed by atoms with Crippen molar-refractivity contribution in [3.05, 3.63) is 23.3 Å². The molecule has 0 saturated carbocycles. The number of rotatable bonds is 3. The molecule has 0 unspecified atom stereocenters. The molecule has 3 nitrogen and oxygen atoms in total. The van der Waals surface area contributed by atoms with Gasteiger partial charge in [0.05, 0.1) is 12.7 Å². The first-order chi connectivity index (χ1) is 9.44. The van der Waals surface area contributed by atoms with Gasteiger partial charge in [0.15, 0.2) is 0 Å². The van der Waals surface area contributed by atoms with Gasteiger partial charge in [-0.2, -0.15) is 5.26 Å². The van der Waals surface area contributed by atoms with Gasteiger partial charge >= 0.3 is 0 Å². The van der Waals surface area contributed by atoms with Crippen LogP contribution in [-0.4, -0.2) is 19.2 Å². The van der Waals surface area contributed by atoms with Gasteiger partial charge in [-0.05, 0) is 44.2 Å². The number of nitriles is 1. The van der Waals surface area contributed by atoms with Gasteiger partial charge in [0, 0.05) is 23.8 Å². The summed E-state index contributed by atoms with van der Waals surface area (Å²) in [6.45, 7) is 10.1. The molecular formula is C17H24N2O. The van der Waals surface area contributed by atoms with Crippen molar-refractivity contribution < 1.29 is 4.74 Å². The van der Waals surface area contributed by atoms with E-state index < -0.39 is 0 Å². The van der Waals surface area contributed by atoms with Crippen LogP contribution in [0.5, 0.6) is 5.75 Å². The molecule has 0 aromatic heterocycles. The normalized spacial score (nSPS) is 20.2. The van der Waals surface area contributed by atoms with Crippen molar-refractivity contribution in [2.24, 2.45) is 0 Å². The third-order valence-electron chi connectivity index (χ3n) is 4.27. The smallest absolute Gasteiger partial charge is 0.138 e. The molecule has 3 heteroatoms. The highest BCUT2D eigenvalue weighted by Gasteiger charge is 2.36. The number of ether oxygens (including phenoxy) is 1. The van der Waals surface area contributed by atoms with Crippen molar-refractivity contribution in [1.82, 2.24) is 0 Å². The van der Waals surface area contributed by atoms with Crippen LogP contribution < -0.4 is 9.64 Å². The van der Waals surface area contributed by atoms with E-state index in [0.717, 1.165) is 19.4 Å². The van der Waals surface area contributed by atoms with E-state index in [4.69, 9.17) is 4.74 Å². The van der Waals surface area contributed by atoms with Gasteiger partial charge in [-0.1, -0.05) is 13.8 Å². The maximum Gasteiger partial charge on any atom is 0.138 e. The zero-order valence-electron chi connectivity index (χ0n) is 13.2. The zero-order valence-corrected chi connectivity index (χ0v) is 13.2. The Kier molecular flexibility index (Phi) is 3.94. The lowest BCUT2D eigenvalue weighted by atomic mass is 9.79. The fraction of sp³-hybridized carbons (Fsp3) is 0.588. The minimum atomic E-state index is 0.140. The van der Waals surface area contributed by atoms with Crippen LogP contribution in [0.25, 0.3) is 0 Å². The molecule has 0 saturated heterocycles. The molecule has 0 bridgehead atoms. The lowest BCUT2D eigenvalue weighted by Crippen LogP contribution is -2.48. The van der Waals surface area contributed by atoms with E-state index in [1.807, 2.05) is 12.1 Å². The van der Waals surface area contributed by atoms with Crippen molar-refractivity contribution in [3.63, 3.8) is 0 Å². The molecule has 0 N–H and O–H groups in total. The molecule has 1 aliphatic heterocycles. The molecule has 108 valence electrons. The van der Waals surface area contributed by atoms with Gasteiger partial charge in [-0.3, -0.25) is 0 Å². The Labute approximate surface area is 122 Å². The van der Waals surface area contributed by atoms with Crippen molar-refractivity contribution in [3.8, 4) is 11.8 Å². The van der Waals surface area contributed by atoms with E-state index in [9.17, 15) is 5.26 Å². The fourth-order valence-electron chi connectivity index (χ4n) is 3.41. The minimum Gasteiger partial charge on any atom is -0.495 e. The summed E-state index contributed by atoms with van der Waals surface area (Å²) < 4.78 is 5.38. The van der Waals surface area contributed by atoms with E-state index in [0.29, 0.717) is 17.2 Å². The van der Waals surface area contributed by atoms with Crippen LogP contribution in [0.2, 0.25) is 0 Å². The summed E-state index contributed by atoms with van der Waals surface area (Å²) in [5, 5.41) is 9.27. The van der Waals surface area contributed by atoms with Crippen LogP contribution in [0.1, 0.15) is 57.6 Å². The SMILES string of the molecule is CCCN1c2cc(OC)c(C#N)cc2[C@@H](C)CC1(C)C. The van der Waals surface area contributed by atoms with Gasteiger partial charge in [0.1, 0.15) is 11.8 Å². The molecule has 0 fully saturated rings. The molecule has 1 aromatic rings. The number of fused-ring (bicyclic) bond motifs is 1. The van der Waals surface area contributed by atoms with E-state index >= 15 is 0 Å². The number of hydrogen-bond acceptors (Lipinski definition) is 3. The fourth-order valence-corrected chi connectivity index (χ4v) is 3.41. The summed E-state index contributed by atoms with van der Waals surface area (Å²) in [7, 11) is 1.63. The number of hydrogen-bond donors (Lipinski definition) is 0. The standard InChI is InChI=1S/C17H24N2O/c1-6-7-19-15-9-16(20-5)13(11-18)8-14(15)12(2)10-17(19,3)4/h8-9,12H,6-7,10H2,1-5H3/t12-/m0/s1. The predicted molar refractivity (Wildman–Crippen MR) is 82.5 cm³/mol. The molecule has 1 aliphatic rings. The Morgan fingerprint density at radius 3 is 2.70 bits per heavy atom. The molecule has 1 aromatic carbocycles. The Balaban J connectivity index is 2.61. The van der Waals surface area contributed by atoms with Crippen molar-refractivity contribution in [2.75, 3.05) is 18.6 Å². The Morgan fingerprint density at radius 2 is 2.15 bits per heavy atom. The van der Waals surface area contributed by atoms with Crippen LogP contribution in [-0.2, 0) is 0 Å². The van der Waals surface area contributed by atoms with Crippen LogP contribution >= 0.6 is 0 Å². The first kappa shape index (κ1) is 14.7. The molecule has 1 atom stereocenters. The summed E-state index contributed by atoms with van der Waals surface area (Å²) in [4.78, 5) is 2.46. The van der Waals surface area contributed by atoms with Gasteiger partial charge in [0.25, 0.3) is 0 Å². The topological polar surface area (TPSA) is 36.3 Å². The highest BCUT2D eigenvalue weighted by Crippen LogP contribution is 2.45. The molecule has 20 heavy (non-hydrogen) atoms. The van der Waals surface area contributed by atoms with Crippen LogP contribution in [0.4, 0.5) is 5.69 Å². The molecule has 0 amide bonds. The summed E-state index contributed by atoms with van der Waals surface area (Å²) in [5.41, 5.74) is 3.28. The van der Waals surface area contributed by atoms with E-state index in [1.54, 1.807) is 7.11 Å². The number of methoxy groups -OCH3 is 1. The van der Waals surface area contributed by atoms with Crippen molar-refractivity contribution >= 4 is 5.69 Å². The average molecular weight is 272 g/mol. The Morgan fingerprint density at radius 1 is 1.45 bits per heavy atom. The Hall–Kier alpha value is -1.69. The van der Waals surface area contributed by atoms with Crippen molar-refractivity contribution in [2.45, 2.75) is 52.0 Å². The maximum atomic E-state index is 9.27. The maximum absolute atomic E-state index is 9.27. The van der Waals surface area contributed by atoms with E-state index in [2.05, 4.69) is 38.7 Å². The minimum absolute atomic E-state index is 0.140. The summed E-state index contributed by atoms with van der Waals surface area (Å²) in [6, 6.07) is 6.29. The second-order valence-corrected chi connectivity index (χ2v) is 6.29. The monoisotopic (exact) mass is 272 g/mol. The van der Waals surface area contributed by atoms with Gasteiger partial charge < -0.3 is 9.64 Å². The first-order valence-corrected chi connectivity index (χ1v) is 7.34. The van der Waals surface area contributed by atoms with Gasteiger partial charge in [-0.25, -0.2) is 0 Å². The van der Waals surface area contributed by atoms with Crippen molar-refractivity contribution in [1.29, 1.82) is 5.26 Å². The molecular weight excluding hydrogens is 248 g/mol. The highest BCUT2D eigenvalue weighted by atomic mass is 16.5. The van der Waals surface area contributed by atoms with Crippen LogP contribution in [0.3, 0.4) is 0 Å². The molecule has 0 radical (unpaired) electrons. The lowest BCUT2D eigenvalue weighted by Gasteiger charge is -2.47. The second-order valence-electron chi connectivity index (χ2n) is 6.29. The van der Waals surface area contributed by atoms with E-state index in [1.165, 1.54) is 11.3 Å². The van der Waals surface area contributed by atoms with Crippen LogP contribution in [0.15, 0.2) is 12.1 Å². The number of nitrogens with zero attached hydrogens (tertiary/aromatic N) is 2. The van der Waals surface area contributed by atoms with Gasteiger partial charge in [0.2, 0.25) is 0 Å². The molecule has 0 aliphatic carbocycles. The average Bonchev–Trinajstić information content (AvgIpc) is 2.41. The third-order valence-corrected chi connectivity index (χ3v) is 4.27. The van der Waals surface area contributed by atoms with Crippen LogP contribution in [0, 0.1) is 11.3 Å². The summed E-state index contributed by atoms with van der Waals surface area (Å²) in [5.74, 6) is 1.14. The Bertz CT molecular complexity index is 543. The molecule has 1 heterocycles. The lowest BCUT2D eigenvalue weighted by molar-refractivity contribution is 0.372. The highest BCUT2D eigenvalue weighted by molar-refractivity contribution is 5.66. The predicted octanol–water partition coefficient (Wildman–Crippen LogP) is 4.07. The molecule has 0 spiro atoms. The quantitative estimate of drug-likeness (QED) is 0.832. The molecule has 2 rings (SSSR count). The zero-order chi connectivity index (χ0) is 14.9. The number of benzene rings is 1. The summed E-state index contributed by atoms with van der Waals surface area (Å²) in [6.07, 6.45) is 2.22. The van der Waals surface area contributed by atoms with E-state index in [-0.39, 0.29) is 5.54 Å². The summed E-state index contributed by atoms with van der Waals surface area (Å²) >= 11 is 0. The first-order valence-electron chi connectivity index (χ1n) is 7.34. The van der Waals surface area contributed by atoms with Gasteiger partial charge in [-0.15, -0.1) is 0 Å². The largest absolute Gasteiger partial charge is 0.495 e. The third kappa shape index (κ3) is 2.35.